The minimum absolute atomic E-state index is 0.182. The minimum Gasteiger partial charge on any atom is -0.460 e. The summed E-state index contributed by atoms with van der Waals surface area (Å²) in [6.07, 6.45) is 1.58. The first-order valence-electron chi connectivity index (χ1n) is 8.15. The number of hydrogen-bond donors (Lipinski definition) is 1. The largest absolute Gasteiger partial charge is 0.460 e. The van der Waals surface area contributed by atoms with Crippen LogP contribution in [0.15, 0.2) is 60.7 Å². The molecule has 0 unspecified atom stereocenters. The summed E-state index contributed by atoms with van der Waals surface area (Å²) in [6, 6.07) is 19.9. The first-order chi connectivity index (χ1) is 11.1. The molecule has 0 saturated heterocycles. The maximum absolute atomic E-state index is 12.4. The van der Waals surface area contributed by atoms with Gasteiger partial charge in [0.25, 0.3) is 0 Å². The van der Waals surface area contributed by atoms with E-state index in [2.05, 4.69) is 17.4 Å². The monoisotopic (exact) mass is 311 g/mol. The lowest BCUT2D eigenvalue weighted by Gasteiger charge is -2.20. The van der Waals surface area contributed by atoms with Gasteiger partial charge in [-0.3, -0.25) is 4.79 Å². The second kappa shape index (κ2) is 9.11. The highest BCUT2D eigenvalue weighted by Gasteiger charge is 2.20. The summed E-state index contributed by atoms with van der Waals surface area (Å²) >= 11 is 0. The van der Waals surface area contributed by atoms with Gasteiger partial charge in [0, 0.05) is 6.04 Å². The Morgan fingerprint density at radius 3 is 2.09 bits per heavy atom. The van der Waals surface area contributed by atoms with Crippen molar-refractivity contribution in [1.82, 2.24) is 5.32 Å². The van der Waals surface area contributed by atoms with E-state index in [1.54, 1.807) is 0 Å². The average molecular weight is 311 g/mol. The van der Waals surface area contributed by atoms with Crippen molar-refractivity contribution < 1.29 is 9.53 Å². The second-order valence-electron chi connectivity index (χ2n) is 5.99. The Balaban J connectivity index is 1.89. The molecular weight excluding hydrogens is 286 g/mol. The molecule has 2 aromatic rings. The molecule has 23 heavy (non-hydrogen) atoms. The molecule has 0 fully saturated rings. The predicted molar refractivity (Wildman–Crippen MR) is 93.1 cm³/mol. The number of rotatable bonds is 8. The second-order valence-corrected chi connectivity index (χ2v) is 5.99. The summed E-state index contributed by atoms with van der Waals surface area (Å²) in [7, 11) is 0. The maximum atomic E-state index is 12.4. The van der Waals surface area contributed by atoms with Gasteiger partial charge in [-0.25, -0.2) is 0 Å². The van der Waals surface area contributed by atoms with E-state index in [1.165, 1.54) is 5.56 Å². The highest BCUT2D eigenvalue weighted by Crippen LogP contribution is 2.09. The van der Waals surface area contributed by atoms with Crippen molar-refractivity contribution in [3.63, 3.8) is 0 Å². The number of esters is 1. The van der Waals surface area contributed by atoms with Crippen LogP contribution in [-0.4, -0.2) is 18.1 Å². The molecule has 0 bridgehead atoms. The molecule has 0 spiro atoms. The van der Waals surface area contributed by atoms with Gasteiger partial charge in [0.15, 0.2) is 0 Å². The van der Waals surface area contributed by atoms with Crippen LogP contribution in [0, 0.1) is 0 Å². The molecule has 0 radical (unpaired) electrons. The minimum atomic E-state index is -0.279. The Morgan fingerprint density at radius 1 is 0.957 bits per heavy atom. The van der Waals surface area contributed by atoms with Gasteiger partial charge in [0.1, 0.15) is 12.6 Å². The third kappa shape index (κ3) is 6.25. The van der Waals surface area contributed by atoms with Gasteiger partial charge in [-0.15, -0.1) is 0 Å². The highest BCUT2D eigenvalue weighted by atomic mass is 16.5. The molecule has 0 aromatic heterocycles. The lowest BCUT2D eigenvalue weighted by atomic mass is 10.0. The van der Waals surface area contributed by atoms with Crippen LogP contribution in [0.4, 0.5) is 0 Å². The Kier molecular flexibility index (Phi) is 6.82. The van der Waals surface area contributed by atoms with E-state index in [-0.39, 0.29) is 18.1 Å². The number of hydrogen-bond acceptors (Lipinski definition) is 3. The molecule has 1 N–H and O–H groups in total. The predicted octanol–water partition coefficient (Wildman–Crippen LogP) is 3.73. The van der Waals surface area contributed by atoms with E-state index in [0.29, 0.717) is 6.61 Å². The fourth-order valence-corrected chi connectivity index (χ4v) is 2.46. The first kappa shape index (κ1) is 17.2. The van der Waals surface area contributed by atoms with Crippen molar-refractivity contribution in [2.45, 2.75) is 45.4 Å². The molecule has 0 aliphatic carbocycles. The summed E-state index contributed by atoms with van der Waals surface area (Å²) in [5.41, 5.74) is 2.24. The van der Waals surface area contributed by atoms with Crippen LogP contribution in [0.2, 0.25) is 0 Å². The molecule has 2 aromatic carbocycles. The molecule has 2 rings (SSSR count). The van der Waals surface area contributed by atoms with E-state index in [9.17, 15) is 4.79 Å². The SMILES string of the molecule is CC(C)N[C@@H](CCc1ccccc1)C(=O)OCc1ccccc1. The van der Waals surface area contributed by atoms with Crippen LogP contribution in [0.5, 0.6) is 0 Å². The van der Waals surface area contributed by atoms with Gasteiger partial charge in [0.2, 0.25) is 0 Å². The Bertz CT molecular complexity index is 581. The molecule has 0 heterocycles. The van der Waals surface area contributed by atoms with Crippen LogP contribution in [0.3, 0.4) is 0 Å². The van der Waals surface area contributed by atoms with Gasteiger partial charge < -0.3 is 10.1 Å². The third-order valence-corrected chi connectivity index (χ3v) is 3.61. The summed E-state index contributed by atoms with van der Waals surface area (Å²) in [6.45, 7) is 4.40. The molecule has 0 amide bonds. The number of benzene rings is 2. The lowest BCUT2D eigenvalue weighted by molar-refractivity contribution is -0.147. The number of carbonyl (C=O) groups is 1. The van der Waals surface area contributed by atoms with Crippen molar-refractivity contribution in [3.8, 4) is 0 Å². The van der Waals surface area contributed by atoms with Crippen molar-refractivity contribution >= 4 is 5.97 Å². The zero-order chi connectivity index (χ0) is 16.5. The number of aryl methyl sites for hydroxylation is 1. The highest BCUT2D eigenvalue weighted by molar-refractivity contribution is 5.75. The zero-order valence-corrected chi connectivity index (χ0v) is 13.9. The molecule has 1 atom stereocenters. The average Bonchev–Trinajstić information content (AvgIpc) is 2.58. The maximum Gasteiger partial charge on any atom is 0.323 e. The number of carbonyl (C=O) groups excluding carboxylic acids is 1. The van der Waals surface area contributed by atoms with Crippen LogP contribution in [0.25, 0.3) is 0 Å². The molecule has 0 aliphatic rings. The van der Waals surface area contributed by atoms with E-state index >= 15 is 0 Å². The van der Waals surface area contributed by atoms with Gasteiger partial charge in [-0.05, 0) is 24.0 Å². The van der Waals surface area contributed by atoms with Gasteiger partial charge in [0.05, 0.1) is 0 Å². The van der Waals surface area contributed by atoms with Crippen molar-refractivity contribution in [3.05, 3.63) is 71.8 Å². The van der Waals surface area contributed by atoms with Crippen LogP contribution >= 0.6 is 0 Å². The van der Waals surface area contributed by atoms with Crippen molar-refractivity contribution in [2.24, 2.45) is 0 Å². The quantitative estimate of drug-likeness (QED) is 0.755. The molecule has 122 valence electrons. The van der Waals surface area contributed by atoms with E-state index in [1.807, 2.05) is 62.4 Å². The van der Waals surface area contributed by atoms with Crippen molar-refractivity contribution in [1.29, 1.82) is 0 Å². The summed E-state index contributed by atoms with van der Waals surface area (Å²) in [5.74, 6) is -0.182. The molecule has 0 saturated carbocycles. The topological polar surface area (TPSA) is 38.3 Å². The van der Waals surface area contributed by atoms with Gasteiger partial charge in [-0.1, -0.05) is 74.5 Å². The first-order valence-corrected chi connectivity index (χ1v) is 8.15. The van der Waals surface area contributed by atoms with Gasteiger partial charge in [-0.2, -0.15) is 0 Å². The fourth-order valence-electron chi connectivity index (χ4n) is 2.46. The van der Waals surface area contributed by atoms with Crippen LogP contribution in [-0.2, 0) is 22.6 Å². The Hall–Kier alpha value is -2.13. The van der Waals surface area contributed by atoms with E-state index in [4.69, 9.17) is 4.74 Å². The van der Waals surface area contributed by atoms with Crippen molar-refractivity contribution in [2.75, 3.05) is 0 Å². The number of ether oxygens (including phenoxy) is 1. The smallest absolute Gasteiger partial charge is 0.323 e. The van der Waals surface area contributed by atoms with Gasteiger partial charge >= 0.3 is 5.97 Å². The summed E-state index contributed by atoms with van der Waals surface area (Å²) < 4.78 is 5.48. The van der Waals surface area contributed by atoms with Crippen LogP contribution in [0.1, 0.15) is 31.4 Å². The summed E-state index contributed by atoms with van der Waals surface area (Å²) in [5, 5.41) is 3.31. The molecule has 0 aliphatic heterocycles. The number of nitrogens with one attached hydrogen (secondary N) is 1. The third-order valence-electron chi connectivity index (χ3n) is 3.61. The normalized spacial score (nSPS) is 12.1. The Morgan fingerprint density at radius 2 is 1.52 bits per heavy atom. The fraction of sp³-hybridized carbons (Fsp3) is 0.350. The Labute approximate surface area is 138 Å². The zero-order valence-electron chi connectivity index (χ0n) is 13.9. The molecular formula is C20H25NO2. The van der Waals surface area contributed by atoms with Crippen LogP contribution < -0.4 is 5.32 Å². The molecule has 3 nitrogen and oxygen atoms in total. The standard InChI is InChI=1S/C20H25NO2/c1-16(2)21-19(14-13-17-9-5-3-6-10-17)20(22)23-15-18-11-7-4-8-12-18/h3-12,16,19,21H,13-15H2,1-2H3/t19-/m0/s1. The van der Waals surface area contributed by atoms with E-state index < -0.39 is 0 Å². The van der Waals surface area contributed by atoms with E-state index in [0.717, 1.165) is 18.4 Å². The summed E-state index contributed by atoms with van der Waals surface area (Å²) in [4.78, 5) is 12.4. The molecule has 3 heteroatoms. The lowest BCUT2D eigenvalue weighted by Crippen LogP contribution is -2.42.